The van der Waals surface area contributed by atoms with Crippen molar-refractivity contribution >= 4 is 23.5 Å². The standard InChI is InChI=1S/C21H25ClN4O3/c22-16-5-15(9-23)19(24-10-16)25-17-1-2-26(11-17)20(27)29-18-13-3-12-4-14(18)8-21(28,6-12)7-13/h5,10,12-14,17-18,28H,1-4,6-8,11H2,(H,24,25)/t12?,13-,14?,17+,18?,21-/m0/s1. The van der Waals surface area contributed by atoms with Gasteiger partial charge in [0.2, 0.25) is 0 Å². The third-order valence-corrected chi connectivity index (χ3v) is 7.36. The number of carbonyl (C=O) groups excluding carboxylic acids is 1. The van der Waals surface area contributed by atoms with Gasteiger partial charge in [0.1, 0.15) is 18.0 Å². The van der Waals surface area contributed by atoms with Gasteiger partial charge in [0, 0.05) is 25.3 Å². The summed E-state index contributed by atoms with van der Waals surface area (Å²) in [6.45, 7) is 1.13. The number of ether oxygens (including phenoxy) is 1. The van der Waals surface area contributed by atoms with Crippen LogP contribution in [0.4, 0.5) is 10.6 Å². The molecule has 1 amide bonds. The fraction of sp³-hybridized carbons (Fsp3) is 0.667. The van der Waals surface area contributed by atoms with E-state index in [1.807, 2.05) is 0 Å². The smallest absolute Gasteiger partial charge is 0.410 e. The minimum atomic E-state index is -0.522. The number of aliphatic hydroxyl groups is 1. The quantitative estimate of drug-likeness (QED) is 0.785. The maximum atomic E-state index is 12.8. The Kier molecular flexibility index (Phi) is 4.60. The lowest BCUT2D eigenvalue weighted by atomic mass is 9.53. The average molecular weight is 417 g/mol. The van der Waals surface area contributed by atoms with E-state index in [4.69, 9.17) is 16.3 Å². The zero-order valence-electron chi connectivity index (χ0n) is 16.2. The van der Waals surface area contributed by atoms with Gasteiger partial charge in [-0.2, -0.15) is 5.26 Å². The van der Waals surface area contributed by atoms with Gasteiger partial charge in [-0.05, 0) is 62.3 Å². The number of halogens is 1. The second-order valence-corrected chi connectivity index (χ2v) is 9.72. The predicted molar refractivity (Wildman–Crippen MR) is 106 cm³/mol. The van der Waals surface area contributed by atoms with E-state index in [-0.39, 0.29) is 18.2 Å². The summed E-state index contributed by atoms with van der Waals surface area (Å²) in [7, 11) is 0. The largest absolute Gasteiger partial charge is 0.446 e. The van der Waals surface area contributed by atoms with Gasteiger partial charge in [0.15, 0.2) is 0 Å². The molecule has 7 nitrogen and oxygen atoms in total. The lowest BCUT2D eigenvalue weighted by molar-refractivity contribution is -0.177. The van der Waals surface area contributed by atoms with Crippen LogP contribution in [0.25, 0.3) is 0 Å². The first-order valence-corrected chi connectivity index (χ1v) is 10.8. The summed E-state index contributed by atoms with van der Waals surface area (Å²) < 4.78 is 5.98. The molecule has 29 heavy (non-hydrogen) atoms. The number of amides is 1. The van der Waals surface area contributed by atoms with Gasteiger partial charge in [0.25, 0.3) is 0 Å². The molecule has 4 bridgehead atoms. The normalized spacial score (nSPS) is 37.4. The van der Waals surface area contributed by atoms with E-state index in [0.29, 0.717) is 47.2 Å². The molecule has 5 aliphatic rings. The molecule has 0 aromatic carbocycles. The molecule has 4 saturated carbocycles. The lowest BCUT2D eigenvalue weighted by Crippen LogP contribution is -2.58. The Morgan fingerprint density at radius 1 is 1.38 bits per heavy atom. The van der Waals surface area contributed by atoms with Crippen molar-refractivity contribution in [1.82, 2.24) is 9.88 Å². The van der Waals surface area contributed by atoms with Gasteiger partial charge in [0.05, 0.1) is 16.2 Å². The topological polar surface area (TPSA) is 98.5 Å². The van der Waals surface area contributed by atoms with Crippen molar-refractivity contribution in [3.8, 4) is 6.07 Å². The van der Waals surface area contributed by atoms with E-state index < -0.39 is 5.60 Å². The molecule has 3 unspecified atom stereocenters. The summed E-state index contributed by atoms with van der Waals surface area (Å²) in [5.74, 6) is 1.67. The van der Waals surface area contributed by atoms with Crippen LogP contribution in [0.3, 0.4) is 0 Å². The van der Waals surface area contributed by atoms with Crippen molar-refractivity contribution in [1.29, 1.82) is 5.26 Å². The van der Waals surface area contributed by atoms with Gasteiger partial charge in [-0.15, -0.1) is 0 Å². The third-order valence-electron chi connectivity index (χ3n) is 7.15. The highest BCUT2D eigenvalue weighted by Gasteiger charge is 2.56. The van der Waals surface area contributed by atoms with E-state index in [1.54, 1.807) is 11.0 Å². The fourth-order valence-corrected chi connectivity index (χ4v) is 6.35. The van der Waals surface area contributed by atoms with Crippen LogP contribution >= 0.6 is 11.6 Å². The molecule has 1 aliphatic heterocycles. The first-order chi connectivity index (χ1) is 13.9. The van der Waals surface area contributed by atoms with Crippen LogP contribution in [0.1, 0.15) is 44.1 Å². The van der Waals surface area contributed by atoms with Crippen LogP contribution in [0.5, 0.6) is 0 Å². The number of nitrogens with zero attached hydrogens (tertiary/aromatic N) is 3. The molecule has 154 valence electrons. The summed E-state index contributed by atoms with van der Waals surface area (Å²) in [5.41, 5.74) is -0.128. The van der Waals surface area contributed by atoms with Gasteiger partial charge < -0.3 is 20.1 Å². The van der Waals surface area contributed by atoms with Crippen LogP contribution in [0, 0.1) is 29.1 Å². The Hall–Kier alpha value is -2.04. The van der Waals surface area contributed by atoms with Gasteiger partial charge >= 0.3 is 6.09 Å². The van der Waals surface area contributed by atoms with E-state index in [0.717, 1.165) is 38.5 Å². The number of anilines is 1. The number of pyridine rings is 1. The minimum absolute atomic E-state index is 0.0162. The van der Waals surface area contributed by atoms with Crippen molar-refractivity contribution in [3.63, 3.8) is 0 Å². The number of aromatic nitrogens is 1. The van der Waals surface area contributed by atoms with Crippen molar-refractivity contribution in [2.45, 2.75) is 56.3 Å². The van der Waals surface area contributed by atoms with Gasteiger partial charge in [-0.1, -0.05) is 11.6 Å². The van der Waals surface area contributed by atoms with Gasteiger partial charge in [-0.3, -0.25) is 0 Å². The molecular formula is C21H25ClN4O3. The van der Waals surface area contributed by atoms with Crippen molar-refractivity contribution in [3.05, 3.63) is 22.8 Å². The summed E-state index contributed by atoms with van der Waals surface area (Å²) in [4.78, 5) is 18.8. The SMILES string of the molecule is N#Cc1cc(Cl)cnc1N[C@@H]1CCN(C(=O)OC2C3CC4C[C@H]2C[C@@](O)(C4)C3)C1. The summed E-state index contributed by atoms with van der Waals surface area (Å²) >= 11 is 5.90. The first kappa shape index (κ1) is 19.0. The molecule has 1 aromatic heterocycles. The Morgan fingerprint density at radius 3 is 2.83 bits per heavy atom. The monoisotopic (exact) mass is 416 g/mol. The maximum Gasteiger partial charge on any atom is 0.410 e. The lowest BCUT2D eigenvalue weighted by Gasteiger charge is -2.57. The molecule has 4 aliphatic carbocycles. The molecule has 6 atom stereocenters. The number of nitrogens with one attached hydrogen (secondary N) is 1. The molecule has 5 fully saturated rings. The van der Waals surface area contributed by atoms with Crippen LogP contribution in [-0.4, -0.2) is 51.9 Å². The molecule has 1 aromatic rings. The summed E-state index contributed by atoms with van der Waals surface area (Å²) in [6, 6.07) is 3.69. The highest BCUT2D eigenvalue weighted by molar-refractivity contribution is 6.30. The summed E-state index contributed by atoms with van der Waals surface area (Å²) in [5, 5.41) is 23.6. The Labute approximate surface area is 175 Å². The van der Waals surface area contributed by atoms with Crippen molar-refractivity contribution < 1.29 is 14.6 Å². The second kappa shape index (κ2) is 7.03. The minimum Gasteiger partial charge on any atom is -0.446 e. The number of likely N-dealkylation sites (tertiary alicyclic amines) is 1. The Bertz CT molecular complexity index is 856. The highest BCUT2D eigenvalue weighted by atomic mass is 35.5. The number of carbonyl (C=O) groups is 1. The molecular weight excluding hydrogens is 392 g/mol. The summed E-state index contributed by atoms with van der Waals surface area (Å²) in [6.07, 6.45) is 6.54. The molecule has 8 heteroatoms. The average Bonchev–Trinajstić information content (AvgIpc) is 3.13. The van der Waals surface area contributed by atoms with E-state index >= 15 is 0 Å². The van der Waals surface area contributed by atoms with Gasteiger partial charge in [-0.25, -0.2) is 9.78 Å². The van der Waals surface area contributed by atoms with E-state index in [2.05, 4.69) is 16.4 Å². The molecule has 1 saturated heterocycles. The Balaban J connectivity index is 1.19. The molecule has 2 N–H and O–H groups in total. The van der Waals surface area contributed by atoms with Crippen LogP contribution < -0.4 is 5.32 Å². The maximum absolute atomic E-state index is 12.8. The molecule has 6 rings (SSSR count). The van der Waals surface area contributed by atoms with Crippen molar-refractivity contribution in [2.75, 3.05) is 18.4 Å². The molecule has 2 heterocycles. The van der Waals surface area contributed by atoms with Crippen molar-refractivity contribution in [2.24, 2.45) is 17.8 Å². The number of nitriles is 1. The third kappa shape index (κ3) is 3.53. The van der Waals surface area contributed by atoms with Crippen LogP contribution in [0.15, 0.2) is 12.3 Å². The highest BCUT2D eigenvalue weighted by Crippen LogP contribution is 2.56. The van der Waals surface area contributed by atoms with E-state index in [9.17, 15) is 15.2 Å². The fourth-order valence-electron chi connectivity index (χ4n) is 6.19. The number of hydrogen-bond donors (Lipinski definition) is 2. The number of hydrogen-bond acceptors (Lipinski definition) is 6. The second-order valence-electron chi connectivity index (χ2n) is 9.28. The molecule has 0 radical (unpaired) electrons. The van der Waals surface area contributed by atoms with Crippen LogP contribution in [-0.2, 0) is 4.74 Å². The first-order valence-electron chi connectivity index (χ1n) is 10.4. The van der Waals surface area contributed by atoms with E-state index in [1.165, 1.54) is 6.20 Å². The number of rotatable bonds is 3. The molecule has 0 spiro atoms. The zero-order valence-corrected chi connectivity index (χ0v) is 16.9. The van der Waals surface area contributed by atoms with Crippen LogP contribution in [0.2, 0.25) is 5.02 Å². The predicted octanol–water partition coefficient (Wildman–Crippen LogP) is 3.17. The Morgan fingerprint density at radius 2 is 2.14 bits per heavy atom. The zero-order chi connectivity index (χ0) is 20.2.